The molecule has 10 heteroatoms. The van der Waals surface area contributed by atoms with E-state index in [9.17, 15) is 18.3 Å². The first-order valence-electron chi connectivity index (χ1n) is 12.7. The second-order valence-corrected chi connectivity index (χ2v) is 11.2. The topological polar surface area (TPSA) is 125 Å². The Morgan fingerprint density at radius 1 is 1.13 bits per heavy atom. The first kappa shape index (κ1) is 27.0. The van der Waals surface area contributed by atoms with Gasteiger partial charge in [-0.25, -0.2) is 13.6 Å². The van der Waals surface area contributed by atoms with Gasteiger partial charge in [-0.2, -0.15) is 0 Å². The highest BCUT2D eigenvalue weighted by Gasteiger charge is 2.51. The highest BCUT2D eigenvalue weighted by molar-refractivity contribution is 7.89. The smallest absolute Gasteiger partial charge is 0.268 e. The molecule has 0 spiro atoms. The van der Waals surface area contributed by atoms with Crippen molar-refractivity contribution in [1.29, 1.82) is 0 Å². The summed E-state index contributed by atoms with van der Waals surface area (Å²) in [5.74, 6) is -0.504. The first-order chi connectivity index (χ1) is 18.7. The van der Waals surface area contributed by atoms with Crippen LogP contribution in [0.3, 0.4) is 0 Å². The number of carbonyl (C=O) groups is 1. The second kappa shape index (κ2) is 10.6. The van der Waals surface area contributed by atoms with Gasteiger partial charge in [-0.15, -0.1) is 0 Å². The van der Waals surface area contributed by atoms with Crippen molar-refractivity contribution >= 4 is 33.4 Å². The lowest BCUT2D eigenvalue weighted by Gasteiger charge is -2.32. The van der Waals surface area contributed by atoms with Gasteiger partial charge in [0.1, 0.15) is 0 Å². The van der Waals surface area contributed by atoms with Crippen molar-refractivity contribution in [1.82, 2.24) is 4.90 Å². The number of hydrogen-bond acceptors (Lipinski definition) is 7. The quantitative estimate of drug-likeness (QED) is 0.376. The Balaban J connectivity index is 1.41. The Bertz CT molecular complexity index is 1520. The number of anilines is 2. The standard InChI is InChI=1S/C29H32N4O5S/c1-3-32(16-17-38-2)27-15-9-21-18-20(8-14-25(21)31-27)19-33-26-7-5-4-6-24(26)29(35,28(33)34)22-10-12-23(13-11-22)39(30,36)37/h4-15,18,27,31,35H,3,16-17,19H2,1-2H3,(H2,30,36,37). The first-order valence-corrected chi connectivity index (χ1v) is 14.3. The maximum Gasteiger partial charge on any atom is 0.268 e. The minimum absolute atomic E-state index is 0.0613. The Morgan fingerprint density at radius 3 is 2.56 bits per heavy atom. The molecule has 3 aromatic carbocycles. The number of methoxy groups -OCH3 is 1. The third-order valence-electron chi connectivity index (χ3n) is 7.34. The normalized spacial score (nSPS) is 20.2. The van der Waals surface area contributed by atoms with E-state index in [1.807, 2.05) is 24.3 Å². The summed E-state index contributed by atoms with van der Waals surface area (Å²) in [6.45, 7) is 4.71. The fourth-order valence-corrected chi connectivity index (χ4v) is 5.75. The van der Waals surface area contributed by atoms with E-state index in [0.29, 0.717) is 17.9 Å². The monoisotopic (exact) mass is 548 g/mol. The summed E-state index contributed by atoms with van der Waals surface area (Å²) in [5.41, 5.74) is 2.28. The van der Waals surface area contributed by atoms with Gasteiger partial charge >= 0.3 is 0 Å². The SMILES string of the molecule is CCN(CCOC)C1C=Cc2cc(CN3C(=O)C(O)(c4ccc(S(N)(=O)=O)cc4)c4ccccc43)ccc2N1. The molecule has 1 amide bonds. The fourth-order valence-electron chi connectivity index (χ4n) is 5.24. The molecule has 0 fully saturated rings. The molecule has 2 aliphatic heterocycles. The van der Waals surface area contributed by atoms with Crippen LogP contribution < -0.4 is 15.4 Å². The third kappa shape index (κ3) is 4.97. The average molecular weight is 549 g/mol. The molecular formula is C29H32N4O5S. The molecule has 0 bridgehead atoms. The van der Waals surface area contributed by atoms with Crippen molar-refractivity contribution in [2.45, 2.75) is 30.1 Å². The Hall–Kier alpha value is -3.54. The van der Waals surface area contributed by atoms with Crippen molar-refractivity contribution in [3.63, 3.8) is 0 Å². The molecule has 2 atom stereocenters. The molecule has 0 saturated heterocycles. The van der Waals surface area contributed by atoms with Gasteiger partial charge in [-0.3, -0.25) is 9.69 Å². The van der Waals surface area contributed by atoms with Crippen LogP contribution in [0.5, 0.6) is 0 Å². The maximum atomic E-state index is 13.8. The number of rotatable bonds is 9. The maximum absolute atomic E-state index is 13.8. The van der Waals surface area contributed by atoms with Crippen LogP contribution in [-0.2, 0) is 31.7 Å². The molecule has 204 valence electrons. The number of carbonyl (C=O) groups excluding carboxylic acids is 1. The minimum atomic E-state index is -3.91. The number of fused-ring (bicyclic) bond motifs is 2. The molecule has 3 aromatic rings. The molecule has 0 saturated carbocycles. The lowest BCUT2D eigenvalue weighted by Crippen LogP contribution is -2.42. The number of para-hydroxylation sites is 1. The summed E-state index contributed by atoms with van der Waals surface area (Å²) in [4.78, 5) is 17.5. The highest BCUT2D eigenvalue weighted by atomic mass is 32.2. The summed E-state index contributed by atoms with van der Waals surface area (Å²) in [7, 11) is -2.21. The van der Waals surface area contributed by atoms with Crippen LogP contribution in [0.25, 0.3) is 6.08 Å². The van der Waals surface area contributed by atoms with Crippen LogP contribution in [-0.4, -0.2) is 57.3 Å². The lowest BCUT2D eigenvalue weighted by molar-refractivity contribution is -0.132. The zero-order valence-electron chi connectivity index (χ0n) is 21.9. The molecule has 4 N–H and O–H groups in total. The van der Waals surface area contributed by atoms with Crippen LogP contribution in [0.15, 0.2) is 77.7 Å². The highest BCUT2D eigenvalue weighted by Crippen LogP contribution is 2.45. The molecule has 9 nitrogen and oxygen atoms in total. The lowest BCUT2D eigenvalue weighted by atomic mass is 9.87. The van der Waals surface area contributed by atoms with Gasteiger partial charge < -0.3 is 20.1 Å². The van der Waals surface area contributed by atoms with Gasteiger partial charge in [-0.05, 0) is 59.6 Å². The average Bonchev–Trinajstić information content (AvgIpc) is 3.15. The Labute approximate surface area is 228 Å². The van der Waals surface area contributed by atoms with E-state index in [1.54, 1.807) is 30.2 Å². The van der Waals surface area contributed by atoms with Crippen LogP contribution in [0.2, 0.25) is 0 Å². The van der Waals surface area contributed by atoms with E-state index >= 15 is 0 Å². The summed E-state index contributed by atoms with van der Waals surface area (Å²) in [5, 5.41) is 20.6. The zero-order chi connectivity index (χ0) is 27.8. The predicted molar refractivity (Wildman–Crippen MR) is 150 cm³/mol. The van der Waals surface area contributed by atoms with Gasteiger partial charge in [0.25, 0.3) is 5.91 Å². The molecule has 2 aliphatic rings. The van der Waals surface area contributed by atoms with Gasteiger partial charge in [0.2, 0.25) is 10.0 Å². The van der Waals surface area contributed by atoms with Crippen LogP contribution in [0, 0.1) is 0 Å². The number of sulfonamides is 1. The number of amides is 1. The van der Waals surface area contributed by atoms with E-state index in [4.69, 9.17) is 9.88 Å². The number of nitrogens with two attached hydrogens (primary N) is 1. The van der Waals surface area contributed by atoms with Crippen LogP contribution in [0.1, 0.15) is 29.2 Å². The third-order valence-corrected chi connectivity index (χ3v) is 8.27. The molecule has 0 aliphatic carbocycles. The van der Waals surface area contributed by atoms with E-state index < -0.39 is 21.5 Å². The van der Waals surface area contributed by atoms with E-state index in [0.717, 1.165) is 29.9 Å². The second-order valence-electron chi connectivity index (χ2n) is 9.68. The molecular weight excluding hydrogens is 516 g/mol. The van der Waals surface area contributed by atoms with Crippen molar-refractivity contribution in [2.24, 2.45) is 5.14 Å². The predicted octanol–water partition coefficient (Wildman–Crippen LogP) is 2.85. The number of ether oxygens (including phenoxy) is 1. The van der Waals surface area contributed by atoms with Gasteiger partial charge in [0.15, 0.2) is 5.60 Å². The minimum Gasteiger partial charge on any atom is -0.383 e. The number of nitrogens with one attached hydrogen (secondary N) is 1. The molecule has 0 aromatic heterocycles. The molecule has 2 unspecified atom stereocenters. The largest absolute Gasteiger partial charge is 0.383 e. The van der Waals surface area contributed by atoms with Crippen molar-refractivity contribution in [3.05, 3.63) is 95.1 Å². The number of aliphatic hydroxyl groups is 1. The van der Waals surface area contributed by atoms with Crippen molar-refractivity contribution in [2.75, 3.05) is 37.0 Å². The summed E-state index contributed by atoms with van der Waals surface area (Å²) >= 11 is 0. The molecule has 5 rings (SSSR count). The Morgan fingerprint density at radius 2 is 1.87 bits per heavy atom. The molecule has 0 radical (unpaired) electrons. The number of likely N-dealkylation sites (N-methyl/N-ethyl adjacent to an activating group) is 1. The van der Waals surface area contributed by atoms with Gasteiger partial charge in [-0.1, -0.05) is 49.4 Å². The number of nitrogens with zero attached hydrogens (tertiary/aromatic N) is 2. The van der Waals surface area contributed by atoms with E-state index in [-0.39, 0.29) is 23.2 Å². The summed E-state index contributed by atoms with van der Waals surface area (Å²) in [6.07, 6.45) is 4.26. The number of benzene rings is 3. The Kier molecular flexibility index (Phi) is 7.32. The van der Waals surface area contributed by atoms with Crippen LogP contribution in [0.4, 0.5) is 11.4 Å². The van der Waals surface area contributed by atoms with E-state index in [2.05, 4.69) is 29.3 Å². The summed E-state index contributed by atoms with van der Waals surface area (Å²) < 4.78 is 28.6. The van der Waals surface area contributed by atoms with Crippen molar-refractivity contribution < 1.29 is 23.1 Å². The van der Waals surface area contributed by atoms with E-state index in [1.165, 1.54) is 24.3 Å². The molecule has 39 heavy (non-hydrogen) atoms. The fraction of sp³-hybridized carbons (Fsp3) is 0.276. The summed E-state index contributed by atoms with van der Waals surface area (Å²) in [6, 6.07) is 18.6. The van der Waals surface area contributed by atoms with Crippen LogP contribution >= 0.6 is 0 Å². The zero-order valence-corrected chi connectivity index (χ0v) is 22.7. The van der Waals surface area contributed by atoms with Crippen molar-refractivity contribution in [3.8, 4) is 0 Å². The molecule has 2 heterocycles. The van der Waals surface area contributed by atoms with Gasteiger partial charge in [0.05, 0.1) is 29.9 Å². The number of primary sulfonamides is 1. The number of hydrogen-bond donors (Lipinski definition) is 3. The van der Waals surface area contributed by atoms with Gasteiger partial charge in [0, 0.05) is 24.9 Å².